The molecule has 1 aromatic rings. The number of halogens is 1. The second kappa shape index (κ2) is 10.3. The Morgan fingerprint density at radius 2 is 2.07 bits per heavy atom. The van der Waals surface area contributed by atoms with Crippen LogP contribution < -0.4 is 5.32 Å². The van der Waals surface area contributed by atoms with Gasteiger partial charge in [0, 0.05) is 50.9 Å². The molecule has 2 saturated heterocycles. The van der Waals surface area contributed by atoms with Crippen LogP contribution in [0.25, 0.3) is 0 Å². The van der Waals surface area contributed by atoms with Crippen LogP contribution in [-0.2, 0) is 7.05 Å². The molecule has 1 N–H and O–H groups in total. The summed E-state index contributed by atoms with van der Waals surface area (Å²) in [6.45, 7) is 15.5. The predicted octanol–water partition coefficient (Wildman–Crippen LogP) is 3.30. The lowest BCUT2D eigenvalue weighted by atomic mass is 9.94. The number of nitrogens with one attached hydrogen (secondary N) is 1. The van der Waals surface area contributed by atoms with E-state index in [9.17, 15) is 0 Å². The number of nitrogens with zero attached hydrogens (tertiary/aromatic N) is 5. The van der Waals surface area contributed by atoms with Crippen molar-refractivity contribution in [2.75, 3.05) is 39.3 Å². The lowest BCUT2D eigenvalue weighted by Crippen LogP contribution is -2.51. The van der Waals surface area contributed by atoms with E-state index in [0.717, 1.165) is 38.1 Å². The third-order valence-electron chi connectivity index (χ3n) is 6.15. The number of hydrogen-bond donors (Lipinski definition) is 1. The molecule has 160 valence electrons. The van der Waals surface area contributed by atoms with E-state index in [1.165, 1.54) is 37.9 Å². The zero-order valence-electron chi connectivity index (χ0n) is 18.3. The van der Waals surface area contributed by atoms with Gasteiger partial charge in [-0.3, -0.25) is 14.6 Å². The number of aryl methyl sites for hydroxylation is 1. The lowest BCUT2D eigenvalue weighted by Gasteiger charge is -2.42. The quantitative estimate of drug-likeness (QED) is 0.382. The zero-order valence-corrected chi connectivity index (χ0v) is 20.6. The molecule has 2 aliphatic heterocycles. The van der Waals surface area contributed by atoms with Gasteiger partial charge in [-0.2, -0.15) is 5.10 Å². The summed E-state index contributed by atoms with van der Waals surface area (Å²) in [6, 6.07) is 0. The van der Waals surface area contributed by atoms with Crippen molar-refractivity contribution in [3.8, 4) is 0 Å². The highest BCUT2D eigenvalue weighted by Gasteiger charge is 2.31. The monoisotopic (exact) mass is 502 g/mol. The fraction of sp³-hybridized carbons (Fsp3) is 0.810. The van der Waals surface area contributed by atoms with Crippen LogP contribution in [0.1, 0.15) is 58.4 Å². The lowest BCUT2D eigenvalue weighted by molar-refractivity contribution is 0.0773. The molecule has 2 aliphatic rings. The first-order valence-corrected chi connectivity index (χ1v) is 10.7. The highest BCUT2D eigenvalue weighted by atomic mass is 127. The Kier molecular flexibility index (Phi) is 8.60. The Balaban J connectivity index is 0.00000280. The average molecular weight is 502 g/mol. The molecule has 0 bridgehead atoms. The fourth-order valence-electron chi connectivity index (χ4n) is 4.41. The van der Waals surface area contributed by atoms with Crippen molar-refractivity contribution in [1.82, 2.24) is 24.9 Å². The first kappa shape index (κ1) is 23.4. The minimum absolute atomic E-state index is 0. The molecule has 2 unspecified atom stereocenters. The van der Waals surface area contributed by atoms with Crippen LogP contribution in [-0.4, -0.2) is 70.3 Å². The molecule has 28 heavy (non-hydrogen) atoms. The highest BCUT2D eigenvalue weighted by molar-refractivity contribution is 14.0. The summed E-state index contributed by atoms with van der Waals surface area (Å²) < 4.78 is 1.90. The molecule has 3 heterocycles. The van der Waals surface area contributed by atoms with E-state index in [4.69, 9.17) is 4.99 Å². The third-order valence-corrected chi connectivity index (χ3v) is 6.15. The van der Waals surface area contributed by atoms with E-state index in [0.29, 0.717) is 5.92 Å². The van der Waals surface area contributed by atoms with Gasteiger partial charge in [0.15, 0.2) is 5.96 Å². The van der Waals surface area contributed by atoms with Crippen molar-refractivity contribution in [2.45, 2.75) is 58.4 Å². The van der Waals surface area contributed by atoms with Gasteiger partial charge in [-0.05, 0) is 58.1 Å². The van der Waals surface area contributed by atoms with E-state index in [1.807, 2.05) is 17.9 Å². The Morgan fingerprint density at radius 3 is 2.71 bits per heavy atom. The van der Waals surface area contributed by atoms with Crippen molar-refractivity contribution in [3.05, 3.63) is 18.0 Å². The second-order valence-corrected chi connectivity index (χ2v) is 9.05. The van der Waals surface area contributed by atoms with Crippen LogP contribution in [0.5, 0.6) is 0 Å². The minimum Gasteiger partial charge on any atom is -0.357 e. The maximum absolute atomic E-state index is 5.07. The van der Waals surface area contributed by atoms with Gasteiger partial charge in [0.2, 0.25) is 0 Å². The highest BCUT2D eigenvalue weighted by Crippen LogP contribution is 2.27. The molecule has 2 fully saturated rings. The Labute approximate surface area is 188 Å². The van der Waals surface area contributed by atoms with E-state index in [-0.39, 0.29) is 29.5 Å². The van der Waals surface area contributed by atoms with E-state index >= 15 is 0 Å². The molecule has 0 radical (unpaired) electrons. The molecular weight excluding hydrogens is 463 g/mol. The van der Waals surface area contributed by atoms with Gasteiger partial charge in [0.25, 0.3) is 0 Å². The Hall–Kier alpha value is -0.830. The van der Waals surface area contributed by atoms with E-state index in [2.05, 4.69) is 54.1 Å². The summed E-state index contributed by atoms with van der Waals surface area (Å²) in [6.07, 6.45) is 8.01. The number of hydrogen-bond acceptors (Lipinski definition) is 3. The number of aliphatic imine (C=N–C) groups is 1. The van der Waals surface area contributed by atoms with Crippen molar-refractivity contribution in [2.24, 2.45) is 18.0 Å². The van der Waals surface area contributed by atoms with Gasteiger partial charge in [-0.25, -0.2) is 0 Å². The maximum Gasteiger partial charge on any atom is 0.194 e. The van der Waals surface area contributed by atoms with E-state index < -0.39 is 0 Å². The predicted molar refractivity (Wildman–Crippen MR) is 128 cm³/mol. The van der Waals surface area contributed by atoms with Crippen LogP contribution in [0.15, 0.2) is 17.4 Å². The van der Waals surface area contributed by atoms with Crippen LogP contribution in [0.2, 0.25) is 0 Å². The molecule has 2 atom stereocenters. The largest absolute Gasteiger partial charge is 0.357 e. The minimum atomic E-state index is 0. The topological polar surface area (TPSA) is 48.7 Å². The van der Waals surface area contributed by atoms with Crippen molar-refractivity contribution < 1.29 is 0 Å². The molecule has 1 aromatic heterocycles. The summed E-state index contributed by atoms with van der Waals surface area (Å²) in [5, 5.41) is 7.86. The smallest absolute Gasteiger partial charge is 0.194 e. The van der Waals surface area contributed by atoms with Gasteiger partial charge >= 0.3 is 0 Å². The van der Waals surface area contributed by atoms with E-state index in [1.54, 1.807) is 0 Å². The third kappa shape index (κ3) is 5.84. The number of rotatable bonds is 5. The first-order chi connectivity index (χ1) is 12.9. The summed E-state index contributed by atoms with van der Waals surface area (Å²) >= 11 is 0. The van der Waals surface area contributed by atoms with Crippen molar-refractivity contribution in [1.29, 1.82) is 0 Å². The molecular formula is C21H39IN6. The van der Waals surface area contributed by atoms with Gasteiger partial charge in [-0.15, -0.1) is 24.0 Å². The zero-order chi connectivity index (χ0) is 19.4. The second-order valence-electron chi connectivity index (χ2n) is 9.05. The van der Waals surface area contributed by atoms with Crippen LogP contribution in [0.4, 0.5) is 0 Å². The molecule has 0 amide bonds. The van der Waals surface area contributed by atoms with Crippen LogP contribution in [0.3, 0.4) is 0 Å². The molecule has 0 spiro atoms. The Bertz CT molecular complexity index is 641. The summed E-state index contributed by atoms with van der Waals surface area (Å²) in [7, 11) is 1.99. The van der Waals surface area contributed by atoms with Crippen molar-refractivity contribution in [3.63, 3.8) is 0 Å². The van der Waals surface area contributed by atoms with Gasteiger partial charge < -0.3 is 10.2 Å². The number of guanidine groups is 1. The normalized spacial score (nSPS) is 24.3. The Morgan fingerprint density at radius 1 is 1.29 bits per heavy atom. The summed E-state index contributed by atoms with van der Waals surface area (Å²) in [5.74, 6) is 2.43. The van der Waals surface area contributed by atoms with Crippen molar-refractivity contribution >= 4 is 29.9 Å². The molecule has 7 heteroatoms. The molecule has 3 rings (SSSR count). The van der Waals surface area contributed by atoms with Gasteiger partial charge in [0.05, 0.1) is 12.7 Å². The standard InChI is InChI=1S/C21H38N6.HI/c1-6-22-20(23-16-21(3,4)27-10-7-8-17(2)13-27)26-11-9-18(15-26)19-12-24-25(5)14-19;/h12,14,17-18H,6-11,13,15-16H2,1-5H3,(H,22,23);1H. The SMILES string of the molecule is CCNC(=NCC(C)(C)N1CCCC(C)C1)N1CCC(c2cnn(C)c2)C1.I. The van der Waals surface area contributed by atoms with Gasteiger partial charge in [0.1, 0.15) is 0 Å². The first-order valence-electron chi connectivity index (χ1n) is 10.7. The summed E-state index contributed by atoms with van der Waals surface area (Å²) in [4.78, 5) is 10.1. The fourth-order valence-corrected chi connectivity index (χ4v) is 4.41. The molecule has 0 aliphatic carbocycles. The van der Waals surface area contributed by atoms with Crippen LogP contribution in [0, 0.1) is 5.92 Å². The van der Waals surface area contributed by atoms with Crippen LogP contribution >= 0.6 is 24.0 Å². The maximum atomic E-state index is 5.07. The number of aromatic nitrogens is 2. The molecule has 0 aromatic carbocycles. The molecule has 0 saturated carbocycles. The molecule has 6 nitrogen and oxygen atoms in total. The van der Waals surface area contributed by atoms with Gasteiger partial charge in [-0.1, -0.05) is 6.92 Å². The summed E-state index contributed by atoms with van der Waals surface area (Å²) in [5.41, 5.74) is 1.45. The number of likely N-dealkylation sites (tertiary alicyclic amines) is 2. The number of piperidine rings is 1. The average Bonchev–Trinajstić information content (AvgIpc) is 3.27.